The molecule has 0 radical (unpaired) electrons. The molecule has 7 nitrogen and oxygen atoms in total. The van der Waals surface area contributed by atoms with Crippen LogP contribution >= 0.6 is 11.6 Å². The van der Waals surface area contributed by atoms with E-state index >= 15 is 0 Å². The summed E-state index contributed by atoms with van der Waals surface area (Å²) < 4.78 is 5.49. The molecule has 0 spiro atoms. The molecule has 0 unspecified atom stereocenters. The molecule has 3 N–H and O–H groups in total. The number of halogens is 1. The molecule has 0 atom stereocenters. The van der Waals surface area contributed by atoms with Crippen LogP contribution in [0.2, 0.25) is 5.02 Å². The SMILES string of the molecule is O=C(Nc1ccc2[nH]c(=O)[nH]c2c1)c1cc(=O)c2cc(Cl)ccc2o1. The number of anilines is 1. The maximum absolute atomic E-state index is 12.4. The highest BCUT2D eigenvalue weighted by Crippen LogP contribution is 2.19. The fourth-order valence-electron chi connectivity index (χ4n) is 2.54. The van der Waals surface area contributed by atoms with Crippen molar-refractivity contribution in [3.63, 3.8) is 0 Å². The largest absolute Gasteiger partial charge is 0.451 e. The molecule has 0 saturated heterocycles. The Balaban J connectivity index is 1.70. The zero-order chi connectivity index (χ0) is 17.6. The van der Waals surface area contributed by atoms with E-state index in [2.05, 4.69) is 15.3 Å². The first-order chi connectivity index (χ1) is 12.0. The van der Waals surface area contributed by atoms with Crippen LogP contribution in [-0.2, 0) is 0 Å². The third-order valence-corrected chi connectivity index (χ3v) is 3.92. The van der Waals surface area contributed by atoms with Crippen LogP contribution in [0.3, 0.4) is 0 Å². The topological polar surface area (TPSA) is 108 Å². The smallest absolute Gasteiger partial charge is 0.323 e. The summed E-state index contributed by atoms with van der Waals surface area (Å²) in [6.45, 7) is 0. The second kappa shape index (κ2) is 5.64. The molecule has 0 fully saturated rings. The number of amides is 1. The normalized spacial score (nSPS) is 11.1. The van der Waals surface area contributed by atoms with E-state index in [1.807, 2.05) is 0 Å². The number of benzene rings is 2. The number of hydrogen-bond acceptors (Lipinski definition) is 4. The second-order valence-electron chi connectivity index (χ2n) is 5.41. The van der Waals surface area contributed by atoms with Gasteiger partial charge in [0, 0.05) is 16.8 Å². The Kier molecular flexibility index (Phi) is 3.43. The summed E-state index contributed by atoms with van der Waals surface area (Å²) in [6.07, 6.45) is 0. The van der Waals surface area contributed by atoms with E-state index in [4.69, 9.17) is 16.0 Å². The van der Waals surface area contributed by atoms with Gasteiger partial charge in [0.1, 0.15) is 5.58 Å². The molecule has 0 aliphatic heterocycles. The second-order valence-corrected chi connectivity index (χ2v) is 5.85. The van der Waals surface area contributed by atoms with Gasteiger partial charge < -0.3 is 19.7 Å². The number of aromatic nitrogens is 2. The van der Waals surface area contributed by atoms with Crippen molar-refractivity contribution < 1.29 is 9.21 Å². The van der Waals surface area contributed by atoms with Gasteiger partial charge in [-0.3, -0.25) is 9.59 Å². The van der Waals surface area contributed by atoms with Crippen molar-refractivity contribution in [2.75, 3.05) is 5.32 Å². The number of fused-ring (bicyclic) bond motifs is 2. The van der Waals surface area contributed by atoms with E-state index in [0.29, 0.717) is 27.1 Å². The summed E-state index contributed by atoms with van der Waals surface area (Å²) in [5, 5.41) is 3.34. The van der Waals surface area contributed by atoms with E-state index in [9.17, 15) is 14.4 Å². The monoisotopic (exact) mass is 355 g/mol. The standard InChI is InChI=1S/C17H10ClN3O4/c18-8-1-4-14-10(5-8)13(22)7-15(25-14)16(23)19-9-2-3-11-12(6-9)21-17(24)20-11/h1-7H,(H,19,23)(H2,20,21,24). The first-order valence-corrected chi connectivity index (χ1v) is 7.64. The number of hydrogen-bond donors (Lipinski definition) is 3. The molecule has 0 bridgehead atoms. The van der Waals surface area contributed by atoms with E-state index in [-0.39, 0.29) is 22.5 Å². The van der Waals surface area contributed by atoms with Crippen LogP contribution in [0.15, 0.2) is 56.5 Å². The maximum atomic E-state index is 12.4. The Morgan fingerprint density at radius 3 is 2.64 bits per heavy atom. The van der Waals surface area contributed by atoms with Crippen molar-refractivity contribution in [2.24, 2.45) is 0 Å². The Morgan fingerprint density at radius 1 is 1.00 bits per heavy atom. The van der Waals surface area contributed by atoms with E-state index in [1.54, 1.807) is 24.3 Å². The number of carbonyl (C=O) groups is 1. The van der Waals surface area contributed by atoms with Gasteiger partial charge in [0.2, 0.25) is 0 Å². The summed E-state index contributed by atoms with van der Waals surface area (Å²) in [4.78, 5) is 41.0. The Bertz CT molecular complexity index is 1250. The third-order valence-electron chi connectivity index (χ3n) is 3.69. The molecular weight excluding hydrogens is 346 g/mol. The lowest BCUT2D eigenvalue weighted by Crippen LogP contribution is -2.15. The van der Waals surface area contributed by atoms with Crippen LogP contribution in [0.1, 0.15) is 10.6 Å². The predicted molar refractivity (Wildman–Crippen MR) is 94.4 cm³/mol. The summed E-state index contributed by atoms with van der Waals surface area (Å²) >= 11 is 5.86. The lowest BCUT2D eigenvalue weighted by atomic mass is 10.2. The van der Waals surface area contributed by atoms with Gasteiger partial charge in [0.15, 0.2) is 11.2 Å². The Labute approximate surface area is 144 Å². The molecule has 4 rings (SSSR count). The molecule has 0 saturated carbocycles. The molecule has 0 aliphatic carbocycles. The highest BCUT2D eigenvalue weighted by Gasteiger charge is 2.13. The fourth-order valence-corrected chi connectivity index (χ4v) is 2.72. The van der Waals surface area contributed by atoms with E-state index in [0.717, 1.165) is 6.07 Å². The molecule has 0 aliphatic rings. The van der Waals surface area contributed by atoms with E-state index < -0.39 is 5.91 Å². The van der Waals surface area contributed by atoms with Crippen LogP contribution in [0.5, 0.6) is 0 Å². The van der Waals surface area contributed by atoms with Gasteiger partial charge in [-0.15, -0.1) is 0 Å². The van der Waals surface area contributed by atoms with Crippen molar-refractivity contribution >= 4 is 45.2 Å². The summed E-state index contributed by atoms with van der Waals surface area (Å²) in [5.74, 6) is -0.700. The summed E-state index contributed by atoms with van der Waals surface area (Å²) in [6, 6.07) is 10.6. The minimum atomic E-state index is -0.578. The van der Waals surface area contributed by atoms with Gasteiger partial charge in [-0.1, -0.05) is 11.6 Å². The first-order valence-electron chi connectivity index (χ1n) is 7.26. The molecule has 4 aromatic rings. The fraction of sp³-hybridized carbons (Fsp3) is 0. The minimum Gasteiger partial charge on any atom is -0.451 e. The van der Waals surface area contributed by atoms with Gasteiger partial charge in [-0.2, -0.15) is 0 Å². The van der Waals surface area contributed by atoms with Crippen molar-refractivity contribution in [3.8, 4) is 0 Å². The van der Waals surface area contributed by atoms with Crippen molar-refractivity contribution in [1.29, 1.82) is 0 Å². The number of imidazole rings is 1. The Morgan fingerprint density at radius 2 is 1.80 bits per heavy atom. The number of nitrogens with one attached hydrogen (secondary N) is 3. The van der Waals surface area contributed by atoms with Crippen molar-refractivity contribution in [3.05, 3.63) is 74.0 Å². The van der Waals surface area contributed by atoms with Gasteiger partial charge in [0.25, 0.3) is 5.91 Å². The molecular formula is C17H10ClN3O4. The number of carbonyl (C=O) groups excluding carboxylic acids is 1. The maximum Gasteiger partial charge on any atom is 0.323 e. The predicted octanol–water partition coefficient (Wildman–Crippen LogP) is 2.87. The highest BCUT2D eigenvalue weighted by atomic mass is 35.5. The van der Waals surface area contributed by atoms with Crippen LogP contribution in [0, 0.1) is 0 Å². The molecule has 8 heteroatoms. The lowest BCUT2D eigenvalue weighted by molar-refractivity contribution is 0.0997. The zero-order valence-electron chi connectivity index (χ0n) is 12.6. The molecule has 2 heterocycles. The highest BCUT2D eigenvalue weighted by molar-refractivity contribution is 6.31. The van der Waals surface area contributed by atoms with Gasteiger partial charge in [-0.05, 0) is 36.4 Å². The summed E-state index contributed by atoms with van der Waals surface area (Å²) in [5.41, 5.74) is 1.20. The average molecular weight is 356 g/mol. The number of rotatable bonds is 2. The first kappa shape index (κ1) is 15.2. The molecule has 2 aromatic heterocycles. The van der Waals surface area contributed by atoms with Gasteiger partial charge in [-0.25, -0.2) is 4.79 Å². The van der Waals surface area contributed by atoms with Crippen LogP contribution in [0.4, 0.5) is 5.69 Å². The number of aromatic amines is 2. The van der Waals surface area contributed by atoms with E-state index in [1.165, 1.54) is 12.1 Å². The molecule has 124 valence electrons. The molecule has 1 amide bonds. The van der Waals surface area contributed by atoms with Crippen LogP contribution < -0.4 is 16.4 Å². The van der Waals surface area contributed by atoms with Crippen LogP contribution in [0.25, 0.3) is 22.0 Å². The lowest BCUT2D eigenvalue weighted by Gasteiger charge is -2.06. The van der Waals surface area contributed by atoms with Gasteiger partial charge in [0.05, 0.1) is 16.4 Å². The summed E-state index contributed by atoms with van der Waals surface area (Å²) in [7, 11) is 0. The van der Waals surface area contributed by atoms with Crippen molar-refractivity contribution in [2.45, 2.75) is 0 Å². The van der Waals surface area contributed by atoms with Gasteiger partial charge >= 0.3 is 5.69 Å². The third kappa shape index (κ3) is 2.81. The van der Waals surface area contributed by atoms with Crippen molar-refractivity contribution in [1.82, 2.24) is 9.97 Å². The minimum absolute atomic E-state index is 0.123. The molecule has 2 aromatic carbocycles. The van der Waals surface area contributed by atoms with Crippen LogP contribution in [-0.4, -0.2) is 15.9 Å². The number of H-pyrrole nitrogens is 2. The quantitative estimate of drug-likeness (QED) is 0.513. The average Bonchev–Trinajstić information content (AvgIpc) is 2.94. The zero-order valence-corrected chi connectivity index (χ0v) is 13.3. The Hall–Kier alpha value is -3.32. The molecule has 25 heavy (non-hydrogen) atoms.